The molecule has 29 heavy (non-hydrogen) atoms. The molecule has 1 aromatic carbocycles. The van der Waals surface area contributed by atoms with E-state index in [-0.39, 0.29) is 11.3 Å². The monoisotopic (exact) mass is 406 g/mol. The topological polar surface area (TPSA) is 79.7 Å². The van der Waals surface area contributed by atoms with Crippen molar-refractivity contribution in [3.63, 3.8) is 0 Å². The van der Waals surface area contributed by atoms with Crippen molar-refractivity contribution < 1.29 is 32.6 Å². The fraction of sp³-hybridized carbons (Fsp3) is 0.250. The van der Waals surface area contributed by atoms with Gasteiger partial charge in [0.2, 0.25) is 0 Å². The molecule has 3 rings (SSSR count). The average molecular weight is 406 g/mol. The fourth-order valence-electron chi connectivity index (χ4n) is 3.06. The highest BCUT2D eigenvalue weighted by atomic mass is 19.4. The smallest absolute Gasteiger partial charge is 0.503 e. The summed E-state index contributed by atoms with van der Waals surface area (Å²) in [5.74, 6) is -2.92. The second-order valence-electron chi connectivity index (χ2n) is 6.66. The van der Waals surface area contributed by atoms with E-state index >= 15 is 0 Å². The number of pyridine rings is 1. The maximum atomic E-state index is 12.8. The first kappa shape index (κ1) is 20.4. The van der Waals surface area contributed by atoms with E-state index in [1.807, 2.05) is 0 Å². The summed E-state index contributed by atoms with van der Waals surface area (Å²) in [6.07, 6.45) is -3.37. The predicted molar refractivity (Wildman–Crippen MR) is 97.1 cm³/mol. The third kappa shape index (κ3) is 4.08. The van der Waals surface area contributed by atoms with Crippen LogP contribution in [-0.4, -0.2) is 28.1 Å². The summed E-state index contributed by atoms with van der Waals surface area (Å²) in [6, 6.07) is 8.48. The van der Waals surface area contributed by atoms with Crippen LogP contribution in [-0.2, 0) is 9.59 Å². The van der Waals surface area contributed by atoms with Gasteiger partial charge in [0.25, 0.3) is 5.91 Å². The van der Waals surface area contributed by atoms with Crippen LogP contribution in [0.3, 0.4) is 0 Å². The van der Waals surface area contributed by atoms with Gasteiger partial charge in [0, 0.05) is 17.8 Å². The molecular weight excluding hydrogens is 389 g/mol. The number of aromatic nitrogens is 1. The van der Waals surface area contributed by atoms with Crippen LogP contribution < -0.4 is 9.64 Å². The van der Waals surface area contributed by atoms with Gasteiger partial charge >= 0.3 is 6.36 Å². The zero-order chi connectivity index (χ0) is 21.3. The normalized spacial score (nSPS) is 17.2. The number of benzene rings is 1. The Balaban J connectivity index is 2.06. The van der Waals surface area contributed by atoms with Crippen LogP contribution >= 0.6 is 0 Å². The average Bonchev–Trinajstić information content (AvgIpc) is 2.92. The van der Waals surface area contributed by atoms with Crippen molar-refractivity contribution in [2.24, 2.45) is 5.92 Å². The molecule has 0 aliphatic carbocycles. The molecule has 1 aromatic heterocycles. The lowest BCUT2D eigenvalue weighted by Crippen LogP contribution is -2.32. The molecule has 1 N–H and O–H groups in total. The van der Waals surface area contributed by atoms with Gasteiger partial charge in [-0.15, -0.1) is 13.2 Å². The Kier molecular flexibility index (Phi) is 5.32. The molecule has 2 heterocycles. The summed E-state index contributed by atoms with van der Waals surface area (Å²) in [5.41, 5.74) is 0.419. The van der Waals surface area contributed by atoms with E-state index in [0.29, 0.717) is 5.69 Å². The zero-order valence-corrected chi connectivity index (χ0v) is 15.5. The highest BCUT2D eigenvalue weighted by Crippen LogP contribution is 2.41. The Labute approximate surface area is 164 Å². The lowest BCUT2D eigenvalue weighted by atomic mass is 9.93. The molecule has 1 atom stereocenters. The highest BCUT2D eigenvalue weighted by molar-refractivity contribution is 6.16. The van der Waals surface area contributed by atoms with Crippen molar-refractivity contribution in [2.45, 2.75) is 26.3 Å². The van der Waals surface area contributed by atoms with Crippen LogP contribution in [0.5, 0.6) is 5.75 Å². The second kappa shape index (κ2) is 7.57. The van der Waals surface area contributed by atoms with Crippen molar-refractivity contribution >= 4 is 17.4 Å². The summed E-state index contributed by atoms with van der Waals surface area (Å²) in [7, 11) is 0. The van der Waals surface area contributed by atoms with Crippen molar-refractivity contribution in [1.82, 2.24) is 4.98 Å². The van der Waals surface area contributed by atoms with Crippen molar-refractivity contribution in [1.29, 1.82) is 0 Å². The standard InChI is InChI=1S/C20H17F3N2O4/c1-11(2)17(26)15-16(14-5-3-4-10-24-14)25(19(28)18(15)27)12-6-8-13(9-7-12)29-20(21,22)23/h3-11,16,27H,1-2H3. The first-order valence-electron chi connectivity index (χ1n) is 8.68. The van der Waals surface area contributed by atoms with Crippen LogP contribution in [0.2, 0.25) is 0 Å². The van der Waals surface area contributed by atoms with Crippen molar-refractivity contribution in [3.8, 4) is 5.75 Å². The molecule has 1 amide bonds. The SMILES string of the molecule is CC(C)C(=O)C1=C(O)C(=O)N(c2ccc(OC(F)(F)F)cc2)C1c1ccccn1. The minimum Gasteiger partial charge on any atom is -0.503 e. The van der Waals surface area contributed by atoms with Gasteiger partial charge in [-0.3, -0.25) is 19.5 Å². The van der Waals surface area contributed by atoms with Crippen LogP contribution in [0.25, 0.3) is 0 Å². The number of halogens is 3. The number of hydrogen-bond acceptors (Lipinski definition) is 5. The Morgan fingerprint density at radius 3 is 2.34 bits per heavy atom. The van der Waals surface area contributed by atoms with Gasteiger partial charge in [-0.05, 0) is 36.4 Å². The van der Waals surface area contributed by atoms with Gasteiger partial charge in [0.1, 0.15) is 11.8 Å². The predicted octanol–water partition coefficient (Wildman–Crippen LogP) is 4.11. The third-order valence-electron chi connectivity index (χ3n) is 4.31. The van der Waals surface area contributed by atoms with E-state index in [4.69, 9.17) is 0 Å². The van der Waals surface area contributed by atoms with Gasteiger partial charge in [0.15, 0.2) is 11.5 Å². The number of Topliss-reactive ketones (excluding diaryl/α,β-unsaturated/α-hetero) is 1. The first-order valence-corrected chi connectivity index (χ1v) is 8.68. The number of carbonyl (C=O) groups is 2. The number of aliphatic hydroxyl groups excluding tert-OH is 1. The quantitative estimate of drug-likeness (QED) is 0.809. The molecule has 0 fully saturated rings. The fourth-order valence-corrected chi connectivity index (χ4v) is 3.06. The summed E-state index contributed by atoms with van der Waals surface area (Å²) < 4.78 is 41.0. The van der Waals surface area contributed by atoms with E-state index in [1.54, 1.807) is 32.0 Å². The molecule has 9 heteroatoms. The van der Waals surface area contributed by atoms with Crippen molar-refractivity contribution in [3.05, 3.63) is 65.7 Å². The van der Waals surface area contributed by atoms with Crippen LogP contribution in [0.1, 0.15) is 25.6 Å². The van der Waals surface area contributed by atoms with Gasteiger partial charge in [-0.25, -0.2) is 0 Å². The Morgan fingerprint density at radius 2 is 1.83 bits per heavy atom. The number of alkyl halides is 3. The number of aliphatic hydroxyl groups is 1. The molecule has 152 valence electrons. The van der Waals surface area contributed by atoms with E-state index in [2.05, 4.69) is 9.72 Å². The molecule has 0 bridgehead atoms. The Bertz CT molecular complexity index is 954. The van der Waals surface area contributed by atoms with Gasteiger partial charge < -0.3 is 9.84 Å². The van der Waals surface area contributed by atoms with E-state index < -0.39 is 41.5 Å². The van der Waals surface area contributed by atoms with Gasteiger partial charge in [0.05, 0.1) is 11.3 Å². The molecule has 1 aliphatic heterocycles. The van der Waals surface area contributed by atoms with Gasteiger partial charge in [-0.1, -0.05) is 19.9 Å². The van der Waals surface area contributed by atoms with Crippen LogP contribution in [0.15, 0.2) is 60.0 Å². The number of carbonyl (C=O) groups excluding carboxylic acids is 2. The molecule has 2 aromatic rings. The largest absolute Gasteiger partial charge is 0.573 e. The maximum absolute atomic E-state index is 12.8. The van der Waals surface area contributed by atoms with Crippen LogP contribution in [0, 0.1) is 5.92 Å². The molecule has 0 radical (unpaired) electrons. The number of ether oxygens (including phenoxy) is 1. The second-order valence-corrected chi connectivity index (χ2v) is 6.66. The Hall–Kier alpha value is -3.36. The number of rotatable bonds is 5. The summed E-state index contributed by atoms with van der Waals surface area (Å²) in [4.78, 5) is 30.8. The number of nitrogens with zero attached hydrogens (tertiary/aromatic N) is 2. The lowest BCUT2D eigenvalue weighted by Gasteiger charge is -2.26. The summed E-state index contributed by atoms with van der Waals surface area (Å²) in [5, 5.41) is 10.4. The zero-order valence-electron chi connectivity index (χ0n) is 15.5. The van der Waals surface area contributed by atoms with E-state index in [1.165, 1.54) is 18.3 Å². The number of ketones is 1. The minimum atomic E-state index is -4.85. The number of hydrogen-bond donors (Lipinski definition) is 1. The molecule has 1 aliphatic rings. The summed E-state index contributed by atoms with van der Waals surface area (Å²) in [6.45, 7) is 3.27. The van der Waals surface area contributed by atoms with Gasteiger partial charge in [-0.2, -0.15) is 0 Å². The lowest BCUT2D eigenvalue weighted by molar-refractivity contribution is -0.274. The number of amides is 1. The minimum absolute atomic E-state index is 0.0979. The van der Waals surface area contributed by atoms with E-state index in [9.17, 15) is 27.9 Å². The molecule has 0 spiro atoms. The molecule has 0 saturated heterocycles. The summed E-state index contributed by atoms with van der Waals surface area (Å²) >= 11 is 0. The highest BCUT2D eigenvalue weighted by Gasteiger charge is 2.45. The Morgan fingerprint density at radius 1 is 1.17 bits per heavy atom. The van der Waals surface area contributed by atoms with Crippen LogP contribution in [0.4, 0.5) is 18.9 Å². The molecule has 1 unspecified atom stereocenters. The molecule has 6 nitrogen and oxygen atoms in total. The van der Waals surface area contributed by atoms with Crippen molar-refractivity contribution in [2.75, 3.05) is 4.90 Å². The maximum Gasteiger partial charge on any atom is 0.573 e. The first-order chi connectivity index (χ1) is 13.6. The number of anilines is 1. The van der Waals surface area contributed by atoms with E-state index in [0.717, 1.165) is 17.0 Å². The molecular formula is C20H17F3N2O4. The third-order valence-corrected chi connectivity index (χ3v) is 4.31. The molecule has 0 saturated carbocycles.